The molecule has 0 unspecified atom stereocenters. The fourth-order valence-corrected chi connectivity index (χ4v) is 2.21. The number of nitrogens with zero attached hydrogens (tertiary/aromatic N) is 1. The van der Waals surface area contributed by atoms with Crippen molar-refractivity contribution in [1.82, 2.24) is 4.90 Å². The Morgan fingerprint density at radius 3 is 2.71 bits per heavy atom. The molecule has 1 aromatic rings. The number of hydrogen-bond donors (Lipinski definition) is 2. The molecule has 1 aliphatic heterocycles. The summed E-state index contributed by atoms with van der Waals surface area (Å²) in [5, 5.41) is 11.1. The number of benzene rings is 1. The molecule has 21 heavy (non-hydrogen) atoms. The van der Waals surface area contributed by atoms with Crippen LogP contribution in [0.1, 0.15) is 12.5 Å². The van der Waals surface area contributed by atoms with E-state index in [1.165, 1.54) is 11.0 Å². The smallest absolute Gasteiger partial charge is 0.329 e. The lowest BCUT2D eigenvalue weighted by Crippen LogP contribution is -2.64. The molecule has 0 aliphatic carbocycles. The maximum Gasteiger partial charge on any atom is 0.329 e. The summed E-state index contributed by atoms with van der Waals surface area (Å²) in [5.74, 6) is -1.55. The normalized spacial score (nSPS) is 16.2. The monoisotopic (exact) mass is 296 g/mol. The lowest BCUT2D eigenvalue weighted by molar-refractivity contribution is -0.159. The number of para-hydroxylation sites is 1. The zero-order valence-electron chi connectivity index (χ0n) is 11.9. The van der Waals surface area contributed by atoms with Gasteiger partial charge in [-0.25, -0.2) is 14.0 Å². The summed E-state index contributed by atoms with van der Waals surface area (Å²) >= 11 is 0. The van der Waals surface area contributed by atoms with E-state index in [-0.39, 0.29) is 18.8 Å². The summed E-state index contributed by atoms with van der Waals surface area (Å²) in [4.78, 5) is 23.9. The Hall–Kier alpha value is -2.15. The van der Waals surface area contributed by atoms with Gasteiger partial charge < -0.3 is 20.1 Å². The molecule has 0 saturated carbocycles. The van der Waals surface area contributed by atoms with Crippen LogP contribution in [0.25, 0.3) is 0 Å². The molecule has 1 fully saturated rings. The fourth-order valence-electron chi connectivity index (χ4n) is 2.21. The molecule has 6 nitrogen and oxygen atoms in total. The maximum atomic E-state index is 13.6. The van der Waals surface area contributed by atoms with Crippen LogP contribution in [-0.4, -0.2) is 47.3 Å². The van der Waals surface area contributed by atoms with E-state index in [4.69, 9.17) is 9.84 Å². The Kier molecular flexibility index (Phi) is 4.13. The molecule has 0 aromatic heterocycles. The summed E-state index contributed by atoms with van der Waals surface area (Å²) in [6.45, 7) is 3.56. The van der Waals surface area contributed by atoms with Gasteiger partial charge in [0.2, 0.25) is 0 Å². The second kappa shape index (κ2) is 5.69. The van der Waals surface area contributed by atoms with Crippen molar-refractivity contribution in [3.8, 4) is 0 Å². The van der Waals surface area contributed by atoms with Crippen LogP contribution in [-0.2, 0) is 9.53 Å². The van der Waals surface area contributed by atoms with Gasteiger partial charge in [0.25, 0.3) is 0 Å². The first-order valence-electron chi connectivity index (χ1n) is 6.47. The zero-order chi connectivity index (χ0) is 15.6. The van der Waals surface area contributed by atoms with Crippen molar-refractivity contribution in [2.24, 2.45) is 0 Å². The molecule has 2 rings (SSSR count). The topological polar surface area (TPSA) is 78.9 Å². The molecule has 0 bridgehead atoms. The lowest BCUT2D eigenvalue weighted by atomic mass is 9.97. The van der Waals surface area contributed by atoms with Gasteiger partial charge in [-0.05, 0) is 25.5 Å². The van der Waals surface area contributed by atoms with Crippen molar-refractivity contribution in [1.29, 1.82) is 0 Å². The Morgan fingerprint density at radius 2 is 2.14 bits per heavy atom. The molecule has 0 atom stereocenters. The zero-order valence-corrected chi connectivity index (χ0v) is 11.9. The third-order valence-electron chi connectivity index (χ3n) is 3.34. The highest BCUT2D eigenvalue weighted by molar-refractivity contribution is 5.91. The first-order chi connectivity index (χ1) is 9.81. The van der Waals surface area contributed by atoms with Gasteiger partial charge in [0, 0.05) is 0 Å². The Morgan fingerprint density at radius 1 is 1.48 bits per heavy atom. The molecule has 114 valence electrons. The average Bonchev–Trinajstić information content (AvgIpc) is 2.37. The molecule has 0 radical (unpaired) electrons. The predicted molar refractivity (Wildman–Crippen MR) is 73.7 cm³/mol. The minimum atomic E-state index is -1.05. The van der Waals surface area contributed by atoms with E-state index in [1.807, 2.05) is 0 Å². The number of ether oxygens (including phenoxy) is 1. The molecule has 2 amide bonds. The molecular weight excluding hydrogens is 279 g/mol. The fraction of sp³-hybridized carbons (Fsp3) is 0.429. The Bertz CT molecular complexity index is 550. The third kappa shape index (κ3) is 3.49. The molecule has 1 aliphatic rings. The number of carbonyl (C=O) groups excluding carboxylic acids is 1. The van der Waals surface area contributed by atoms with Gasteiger partial charge in [0.1, 0.15) is 18.0 Å². The van der Waals surface area contributed by atoms with E-state index in [2.05, 4.69) is 5.32 Å². The number of likely N-dealkylation sites (tertiary alicyclic amines) is 1. The standard InChI is InChI=1S/C14H17FN2O4/c1-9-4-3-5-10(15)12(9)16-13(20)17-7-14(2,8-17)21-6-11(18)19/h3-5H,6-8H2,1-2H3,(H,16,20)(H,18,19). The second-order valence-electron chi connectivity index (χ2n) is 5.35. The highest BCUT2D eigenvalue weighted by Gasteiger charge is 2.43. The van der Waals surface area contributed by atoms with Crippen molar-refractivity contribution in [2.45, 2.75) is 19.4 Å². The van der Waals surface area contributed by atoms with E-state index >= 15 is 0 Å². The van der Waals surface area contributed by atoms with E-state index in [1.54, 1.807) is 26.0 Å². The van der Waals surface area contributed by atoms with Gasteiger partial charge >= 0.3 is 12.0 Å². The average molecular weight is 296 g/mol. The second-order valence-corrected chi connectivity index (χ2v) is 5.35. The number of rotatable bonds is 4. The van der Waals surface area contributed by atoms with Crippen LogP contribution >= 0.6 is 0 Å². The number of nitrogens with one attached hydrogen (secondary N) is 1. The van der Waals surface area contributed by atoms with Gasteiger partial charge in [0.15, 0.2) is 0 Å². The predicted octanol–water partition coefficient (Wildman–Crippen LogP) is 1.84. The van der Waals surface area contributed by atoms with Crippen LogP contribution in [0.3, 0.4) is 0 Å². The van der Waals surface area contributed by atoms with Crippen LogP contribution in [0, 0.1) is 12.7 Å². The number of carboxylic acids is 1. The van der Waals surface area contributed by atoms with Gasteiger partial charge in [-0.15, -0.1) is 0 Å². The van der Waals surface area contributed by atoms with Crippen LogP contribution < -0.4 is 5.32 Å². The van der Waals surface area contributed by atoms with Gasteiger partial charge in [-0.1, -0.05) is 12.1 Å². The van der Waals surface area contributed by atoms with E-state index in [9.17, 15) is 14.0 Å². The number of urea groups is 1. The Labute approximate surface area is 121 Å². The van der Waals surface area contributed by atoms with Gasteiger partial charge in [-0.3, -0.25) is 0 Å². The van der Waals surface area contributed by atoms with Crippen LogP contribution in [0.15, 0.2) is 18.2 Å². The summed E-state index contributed by atoms with van der Waals surface area (Å²) in [6.07, 6.45) is 0. The van der Waals surface area contributed by atoms with Crippen molar-refractivity contribution in [3.63, 3.8) is 0 Å². The quantitative estimate of drug-likeness (QED) is 0.888. The number of aryl methyl sites for hydroxylation is 1. The van der Waals surface area contributed by atoms with Crippen molar-refractivity contribution in [3.05, 3.63) is 29.6 Å². The van der Waals surface area contributed by atoms with Crippen LogP contribution in [0.5, 0.6) is 0 Å². The Balaban J connectivity index is 1.91. The van der Waals surface area contributed by atoms with E-state index < -0.39 is 30.0 Å². The number of hydrogen-bond acceptors (Lipinski definition) is 3. The largest absolute Gasteiger partial charge is 0.480 e. The van der Waals surface area contributed by atoms with E-state index in [0.717, 1.165) is 0 Å². The minimum absolute atomic E-state index is 0.155. The SMILES string of the molecule is Cc1cccc(F)c1NC(=O)N1CC(C)(OCC(=O)O)C1. The first-order valence-corrected chi connectivity index (χ1v) is 6.47. The number of carbonyl (C=O) groups is 2. The number of anilines is 1. The summed E-state index contributed by atoms with van der Waals surface area (Å²) in [6, 6.07) is 4.12. The number of halogens is 1. The van der Waals surface area contributed by atoms with Crippen molar-refractivity contribution >= 4 is 17.7 Å². The molecule has 1 saturated heterocycles. The highest BCUT2D eigenvalue weighted by Crippen LogP contribution is 2.26. The van der Waals surface area contributed by atoms with Gasteiger partial charge in [-0.2, -0.15) is 0 Å². The first kappa shape index (κ1) is 15.2. The van der Waals surface area contributed by atoms with E-state index in [0.29, 0.717) is 5.56 Å². The molecular formula is C14H17FN2O4. The number of amides is 2. The highest BCUT2D eigenvalue weighted by atomic mass is 19.1. The number of aliphatic carboxylic acids is 1. The molecule has 1 heterocycles. The van der Waals surface area contributed by atoms with Crippen LogP contribution in [0.4, 0.5) is 14.9 Å². The lowest BCUT2D eigenvalue weighted by Gasteiger charge is -2.46. The van der Waals surface area contributed by atoms with Gasteiger partial charge in [0.05, 0.1) is 18.8 Å². The summed E-state index contributed by atoms with van der Waals surface area (Å²) < 4.78 is 18.8. The maximum absolute atomic E-state index is 13.6. The minimum Gasteiger partial charge on any atom is -0.480 e. The summed E-state index contributed by atoms with van der Waals surface area (Å²) in [5.41, 5.74) is 0.122. The molecule has 1 aromatic carbocycles. The molecule has 0 spiro atoms. The van der Waals surface area contributed by atoms with Crippen LogP contribution in [0.2, 0.25) is 0 Å². The van der Waals surface area contributed by atoms with Crippen molar-refractivity contribution in [2.75, 3.05) is 25.0 Å². The third-order valence-corrected chi connectivity index (χ3v) is 3.34. The van der Waals surface area contributed by atoms with Crippen molar-refractivity contribution < 1.29 is 23.8 Å². The molecule has 7 heteroatoms. The number of carboxylic acid groups (broad SMARTS) is 1. The summed E-state index contributed by atoms with van der Waals surface area (Å²) in [7, 11) is 0. The molecule has 2 N–H and O–H groups in total.